The van der Waals surface area contributed by atoms with Gasteiger partial charge >= 0.3 is 0 Å². The SMILES string of the molecule is CCC1COc2cnc3ccc(OC)nc3c2C1. The molecule has 0 fully saturated rings. The van der Waals surface area contributed by atoms with Crippen molar-refractivity contribution in [3.63, 3.8) is 0 Å². The van der Waals surface area contributed by atoms with Gasteiger partial charge in [0.15, 0.2) is 0 Å². The predicted octanol–water partition coefficient (Wildman–Crippen LogP) is 2.60. The number of rotatable bonds is 2. The summed E-state index contributed by atoms with van der Waals surface area (Å²) in [5.41, 5.74) is 2.97. The van der Waals surface area contributed by atoms with Crippen LogP contribution in [0.15, 0.2) is 18.3 Å². The van der Waals surface area contributed by atoms with Gasteiger partial charge in [0.2, 0.25) is 5.88 Å². The molecule has 1 aliphatic heterocycles. The topological polar surface area (TPSA) is 44.2 Å². The minimum atomic E-state index is 0.566. The lowest BCUT2D eigenvalue weighted by Crippen LogP contribution is -2.20. The van der Waals surface area contributed by atoms with Crippen molar-refractivity contribution in [1.29, 1.82) is 0 Å². The molecule has 1 unspecified atom stereocenters. The smallest absolute Gasteiger partial charge is 0.213 e. The summed E-state index contributed by atoms with van der Waals surface area (Å²) >= 11 is 0. The second-order valence-electron chi connectivity index (χ2n) is 4.61. The van der Waals surface area contributed by atoms with Crippen LogP contribution in [0.5, 0.6) is 11.6 Å². The highest BCUT2D eigenvalue weighted by atomic mass is 16.5. The van der Waals surface area contributed by atoms with E-state index in [2.05, 4.69) is 16.9 Å². The zero-order valence-electron chi connectivity index (χ0n) is 10.6. The van der Waals surface area contributed by atoms with E-state index in [1.54, 1.807) is 13.3 Å². The fraction of sp³-hybridized carbons (Fsp3) is 0.429. The third kappa shape index (κ3) is 1.78. The van der Waals surface area contributed by atoms with Crippen LogP contribution >= 0.6 is 0 Å². The van der Waals surface area contributed by atoms with E-state index in [1.165, 1.54) is 0 Å². The van der Waals surface area contributed by atoms with Gasteiger partial charge < -0.3 is 9.47 Å². The average Bonchev–Trinajstić information content (AvgIpc) is 2.45. The molecule has 3 rings (SSSR count). The Labute approximate surface area is 106 Å². The van der Waals surface area contributed by atoms with Gasteiger partial charge in [-0.15, -0.1) is 0 Å². The predicted molar refractivity (Wildman–Crippen MR) is 69.1 cm³/mol. The first-order valence-corrected chi connectivity index (χ1v) is 6.27. The zero-order valence-corrected chi connectivity index (χ0v) is 10.6. The van der Waals surface area contributed by atoms with Crippen molar-refractivity contribution in [2.45, 2.75) is 19.8 Å². The average molecular weight is 244 g/mol. The maximum absolute atomic E-state index is 5.77. The van der Waals surface area contributed by atoms with Crippen molar-refractivity contribution >= 4 is 11.0 Å². The van der Waals surface area contributed by atoms with Crippen molar-refractivity contribution in [3.8, 4) is 11.6 Å². The second-order valence-corrected chi connectivity index (χ2v) is 4.61. The van der Waals surface area contributed by atoms with Crippen LogP contribution in [-0.2, 0) is 6.42 Å². The first-order valence-electron chi connectivity index (χ1n) is 6.27. The van der Waals surface area contributed by atoms with Gasteiger partial charge in [-0.2, -0.15) is 0 Å². The minimum Gasteiger partial charge on any atom is -0.491 e. The fourth-order valence-electron chi connectivity index (χ4n) is 2.34. The van der Waals surface area contributed by atoms with Crippen LogP contribution < -0.4 is 9.47 Å². The van der Waals surface area contributed by atoms with E-state index in [1.807, 2.05) is 12.1 Å². The number of fused-ring (bicyclic) bond motifs is 3. The van der Waals surface area contributed by atoms with Gasteiger partial charge in [0, 0.05) is 11.6 Å². The molecule has 94 valence electrons. The van der Waals surface area contributed by atoms with E-state index >= 15 is 0 Å². The lowest BCUT2D eigenvalue weighted by Gasteiger charge is -2.24. The van der Waals surface area contributed by atoms with E-state index in [-0.39, 0.29) is 0 Å². The van der Waals surface area contributed by atoms with Crippen LogP contribution in [0.3, 0.4) is 0 Å². The highest BCUT2D eigenvalue weighted by Crippen LogP contribution is 2.33. The number of aromatic nitrogens is 2. The van der Waals surface area contributed by atoms with Crippen molar-refractivity contribution < 1.29 is 9.47 Å². The van der Waals surface area contributed by atoms with Gasteiger partial charge in [0.1, 0.15) is 5.75 Å². The highest BCUT2D eigenvalue weighted by Gasteiger charge is 2.22. The summed E-state index contributed by atoms with van der Waals surface area (Å²) in [5.74, 6) is 2.06. The van der Waals surface area contributed by atoms with Gasteiger partial charge in [-0.25, -0.2) is 4.98 Å². The minimum absolute atomic E-state index is 0.566. The van der Waals surface area contributed by atoms with E-state index in [4.69, 9.17) is 9.47 Å². The van der Waals surface area contributed by atoms with Gasteiger partial charge in [0.25, 0.3) is 0 Å². The maximum atomic E-state index is 5.77. The number of pyridine rings is 2. The molecule has 18 heavy (non-hydrogen) atoms. The summed E-state index contributed by atoms with van der Waals surface area (Å²) in [6.45, 7) is 2.97. The molecule has 0 saturated carbocycles. The number of hydrogen-bond acceptors (Lipinski definition) is 4. The Balaban J connectivity index is 2.16. The Bertz CT molecular complexity index is 578. The molecule has 0 bridgehead atoms. The lowest BCUT2D eigenvalue weighted by molar-refractivity contribution is 0.218. The largest absolute Gasteiger partial charge is 0.491 e. The molecule has 4 heteroatoms. The van der Waals surface area contributed by atoms with Crippen LogP contribution in [0.2, 0.25) is 0 Å². The molecule has 0 aliphatic carbocycles. The van der Waals surface area contributed by atoms with Crippen LogP contribution in [-0.4, -0.2) is 23.7 Å². The molecule has 0 amide bonds. The molecular weight excluding hydrogens is 228 g/mol. The van der Waals surface area contributed by atoms with E-state index in [0.29, 0.717) is 11.8 Å². The number of hydrogen-bond donors (Lipinski definition) is 0. The number of ether oxygens (including phenoxy) is 2. The molecule has 2 aromatic rings. The third-order valence-electron chi connectivity index (χ3n) is 3.51. The highest BCUT2D eigenvalue weighted by molar-refractivity contribution is 5.80. The molecule has 1 atom stereocenters. The fourth-order valence-corrected chi connectivity index (χ4v) is 2.34. The second kappa shape index (κ2) is 4.44. The lowest BCUT2D eigenvalue weighted by atomic mass is 9.94. The summed E-state index contributed by atoms with van der Waals surface area (Å²) in [7, 11) is 1.63. The first kappa shape index (κ1) is 11.3. The molecule has 2 aromatic heterocycles. The standard InChI is InChI=1S/C14H16N2O2/c1-3-9-6-10-12(18-8-9)7-15-11-4-5-13(17-2)16-14(10)11/h4-5,7,9H,3,6,8H2,1-2H3. The molecular formula is C14H16N2O2. The van der Waals surface area contributed by atoms with Crippen LogP contribution in [0.1, 0.15) is 18.9 Å². The molecule has 0 spiro atoms. The zero-order chi connectivity index (χ0) is 12.5. The number of nitrogens with zero attached hydrogens (tertiary/aromatic N) is 2. The summed E-state index contributed by atoms with van der Waals surface area (Å²) in [4.78, 5) is 8.89. The molecule has 4 nitrogen and oxygen atoms in total. The molecule has 3 heterocycles. The quantitative estimate of drug-likeness (QED) is 0.814. The van der Waals surface area contributed by atoms with E-state index in [9.17, 15) is 0 Å². The van der Waals surface area contributed by atoms with E-state index < -0.39 is 0 Å². The van der Waals surface area contributed by atoms with Gasteiger partial charge in [-0.05, 0) is 24.8 Å². The first-order chi connectivity index (χ1) is 8.81. The van der Waals surface area contributed by atoms with E-state index in [0.717, 1.165) is 41.8 Å². The molecule has 1 aliphatic rings. The Morgan fingerprint density at radius 2 is 2.33 bits per heavy atom. The van der Waals surface area contributed by atoms with Gasteiger partial charge in [-0.1, -0.05) is 6.92 Å². The molecule has 0 saturated heterocycles. The van der Waals surface area contributed by atoms with Crippen LogP contribution in [0.4, 0.5) is 0 Å². The van der Waals surface area contributed by atoms with Crippen LogP contribution in [0, 0.1) is 5.92 Å². The Kier molecular flexibility index (Phi) is 2.78. The van der Waals surface area contributed by atoms with Crippen molar-refractivity contribution in [2.75, 3.05) is 13.7 Å². The van der Waals surface area contributed by atoms with Crippen LogP contribution in [0.25, 0.3) is 11.0 Å². The third-order valence-corrected chi connectivity index (χ3v) is 3.51. The summed E-state index contributed by atoms with van der Waals surface area (Å²) in [5, 5.41) is 0. The summed E-state index contributed by atoms with van der Waals surface area (Å²) in [6, 6.07) is 3.78. The Morgan fingerprint density at radius 1 is 1.44 bits per heavy atom. The summed E-state index contributed by atoms with van der Waals surface area (Å²) < 4.78 is 11.0. The monoisotopic (exact) mass is 244 g/mol. The van der Waals surface area contributed by atoms with Crippen molar-refractivity contribution in [2.24, 2.45) is 5.92 Å². The molecule has 0 radical (unpaired) electrons. The van der Waals surface area contributed by atoms with Crippen molar-refractivity contribution in [1.82, 2.24) is 9.97 Å². The van der Waals surface area contributed by atoms with Gasteiger partial charge in [-0.3, -0.25) is 4.98 Å². The summed E-state index contributed by atoms with van der Waals surface area (Å²) in [6.07, 6.45) is 3.93. The molecule has 0 aromatic carbocycles. The van der Waals surface area contributed by atoms with Crippen molar-refractivity contribution in [3.05, 3.63) is 23.9 Å². The number of methoxy groups -OCH3 is 1. The molecule has 0 N–H and O–H groups in total. The normalized spacial score (nSPS) is 18.2. The van der Waals surface area contributed by atoms with Gasteiger partial charge in [0.05, 0.1) is 30.9 Å². The Hall–Kier alpha value is -1.84. The maximum Gasteiger partial charge on any atom is 0.213 e. The Morgan fingerprint density at radius 3 is 3.11 bits per heavy atom.